The fourth-order valence-corrected chi connectivity index (χ4v) is 3.97. The first-order chi connectivity index (χ1) is 12.7. The van der Waals surface area contributed by atoms with Crippen LogP contribution in [-0.4, -0.2) is 66.2 Å². The van der Waals surface area contributed by atoms with E-state index in [1.807, 2.05) is 12.1 Å². The SMILES string of the molecule is CCNC(=NCC1CCN(Cc2ccccc2Cl)CC1)N1CC[C@@H](O)C1.I. The molecule has 0 radical (unpaired) electrons. The first-order valence-electron chi connectivity index (χ1n) is 9.82. The molecule has 0 aliphatic carbocycles. The van der Waals surface area contributed by atoms with Crippen LogP contribution < -0.4 is 5.32 Å². The zero-order valence-corrected chi connectivity index (χ0v) is 19.2. The average molecular weight is 507 g/mol. The number of halogens is 2. The fourth-order valence-electron chi connectivity index (χ4n) is 3.77. The van der Waals surface area contributed by atoms with Crippen LogP contribution in [0.2, 0.25) is 5.02 Å². The van der Waals surface area contributed by atoms with Crippen molar-refractivity contribution in [2.24, 2.45) is 10.9 Å². The van der Waals surface area contributed by atoms with Crippen LogP contribution in [0.1, 0.15) is 31.7 Å². The molecule has 2 aliphatic rings. The molecule has 1 aromatic rings. The molecule has 27 heavy (non-hydrogen) atoms. The molecule has 0 saturated carbocycles. The highest BCUT2D eigenvalue weighted by molar-refractivity contribution is 14.0. The molecule has 1 aromatic carbocycles. The number of hydrogen-bond acceptors (Lipinski definition) is 3. The van der Waals surface area contributed by atoms with Gasteiger partial charge in [0.1, 0.15) is 0 Å². The van der Waals surface area contributed by atoms with Gasteiger partial charge >= 0.3 is 0 Å². The topological polar surface area (TPSA) is 51.1 Å². The lowest BCUT2D eigenvalue weighted by Gasteiger charge is -2.32. The molecule has 2 heterocycles. The Labute approximate surface area is 185 Å². The summed E-state index contributed by atoms with van der Waals surface area (Å²) in [4.78, 5) is 9.53. The third-order valence-electron chi connectivity index (χ3n) is 5.36. The minimum atomic E-state index is -0.216. The largest absolute Gasteiger partial charge is 0.391 e. The summed E-state index contributed by atoms with van der Waals surface area (Å²) in [7, 11) is 0. The molecular formula is C20H32ClIN4O. The molecule has 3 rings (SSSR count). The maximum Gasteiger partial charge on any atom is 0.194 e. The highest BCUT2D eigenvalue weighted by atomic mass is 127. The quantitative estimate of drug-likeness (QED) is 0.366. The predicted octanol–water partition coefficient (Wildman–Crippen LogP) is 3.20. The second-order valence-corrected chi connectivity index (χ2v) is 7.80. The van der Waals surface area contributed by atoms with Crippen LogP contribution in [-0.2, 0) is 6.54 Å². The van der Waals surface area contributed by atoms with Gasteiger partial charge in [0.25, 0.3) is 0 Å². The van der Waals surface area contributed by atoms with Crippen molar-refractivity contribution < 1.29 is 5.11 Å². The molecule has 2 fully saturated rings. The second kappa shape index (κ2) is 11.4. The van der Waals surface area contributed by atoms with E-state index in [4.69, 9.17) is 16.6 Å². The first-order valence-corrected chi connectivity index (χ1v) is 10.2. The van der Waals surface area contributed by atoms with Crippen molar-refractivity contribution in [3.8, 4) is 0 Å². The molecule has 2 aliphatic heterocycles. The van der Waals surface area contributed by atoms with Gasteiger partial charge in [0.05, 0.1) is 6.10 Å². The lowest BCUT2D eigenvalue weighted by molar-refractivity contribution is 0.180. The third-order valence-corrected chi connectivity index (χ3v) is 5.72. The van der Waals surface area contributed by atoms with Crippen LogP contribution in [0.5, 0.6) is 0 Å². The number of hydrogen-bond donors (Lipinski definition) is 2. The number of aliphatic imine (C=N–C) groups is 1. The smallest absolute Gasteiger partial charge is 0.194 e. The summed E-state index contributed by atoms with van der Waals surface area (Å²) in [6, 6.07) is 8.12. The first kappa shape index (κ1) is 22.7. The maximum absolute atomic E-state index is 9.76. The van der Waals surface area contributed by atoms with Gasteiger partial charge in [-0.1, -0.05) is 29.8 Å². The number of piperidine rings is 1. The van der Waals surface area contributed by atoms with Crippen molar-refractivity contribution in [1.29, 1.82) is 0 Å². The number of aliphatic hydroxyl groups is 1. The zero-order chi connectivity index (χ0) is 18.4. The molecule has 7 heteroatoms. The van der Waals surface area contributed by atoms with E-state index in [2.05, 4.69) is 34.2 Å². The normalized spacial score (nSPS) is 22.0. The number of guanidine groups is 1. The number of likely N-dealkylation sites (tertiary alicyclic amines) is 2. The van der Waals surface area contributed by atoms with Crippen molar-refractivity contribution in [3.63, 3.8) is 0 Å². The Morgan fingerprint density at radius 2 is 1.96 bits per heavy atom. The van der Waals surface area contributed by atoms with Gasteiger partial charge in [0.15, 0.2) is 5.96 Å². The van der Waals surface area contributed by atoms with E-state index in [0.717, 1.165) is 56.7 Å². The summed E-state index contributed by atoms with van der Waals surface area (Å²) < 4.78 is 0. The van der Waals surface area contributed by atoms with E-state index in [1.54, 1.807) is 0 Å². The molecule has 0 bridgehead atoms. The molecule has 0 amide bonds. The number of nitrogens with zero attached hydrogens (tertiary/aromatic N) is 3. The Hall–Kier alpha value is -0.570. The third kappa shape index (κ3) is 6.76. The maximum atomic E-state index is 9.76. The summed E-state index contributed by atoms with van der Waals surface area (Å²) >= 11 is 6.29. The minimum Gasteiger partial charge on any atom is -0.391 e. The number of aliphatic hydroxyl groups excluding tert-OH is 1. The van der Waals surface area contributed by atoms with Crippen LogP contribution in [0.3, 0.4) is 0 Å². The van der Waals surface area contributed by atoms with Crippen LogP contribution in [0.4, 0.5) is 0 Å². The van der Waals surface area contributed by atoms with E-state index >= 15 is 0 Å². The van der Waals surface area contributed by atoms with Crippen molar-refractivity contribution >= 4 is 41.5 Å². The standard InChI is InChI=1S/C20H31ClN4O.HI/c1-2-22-20(25-12-9-18(26)15-25)23-13-16-7-10-24(11-8-16)14-17-5-3-4-6-19(17)21;/h3-6,16,18,26H,2,7-15H2,1H3,(H,22,23);1H/t18-;/m1./s1. The van der Waals surface area contributed by atoms with E-state index in [-0.39, 0.29) is 30.1 Å². The minimum absolute atomic E-state index is 0. The molecule has 0 aromatic heterocycles. The molecule has 2 N–H and O–H groups in total. The molecule has 5 nitrogen and oxygen atoms in total. The number of β-amino-alcohol motifs (C(OH)–C–C–N with tert-alkyl or cyclic N) is 1. The van der Waals surface area contributed by atoms with Gasteiger partial charge in [-0.05, 0) is 56.8 Å². The molecule has 1 atom stereocenters. The van der Waals surface area contributed by atoms with Gasteiger partial charge < -0.3 is 15.3 Å². The van der Waals surface area contributed by atoms with E-state index in [0.29, 0.717) is 12.5 Å². The van der Waals surface area contributed by atoms with Gasteiger partial charge in [0.2, 0.25) is 0 Å². The summed E-state index contributed by atoms with van der Waals surface area (Å²) in [5.41, 5.74) is 1.22. The van der Waals surface area contributed by atoms with E-state index < -0.39 is 0 Å². The summed E-state index contributed by atoms with van der Waals surface area (Å²) in [5, 5.41) is 14.0. The molecular weight excluding hydrogens is 475 g/mol. The number of nitrogens with one attached hydrogen (secondary N) is 1. The number of benzene rings is 1. The van der Waals surface area contributed by atoms with Crippen LogP contribution in [0.15, 0.2) is 29.3 Å². The summed E-state index contributed by atoms with van der Waals surface area (Å²) in [6.45, 7) is 8.55. The zero-order valence-electron chi connectivity index (χ0n) is 16.1. The summed E-state index contributed by atoms with van der Waals surface area (Å²) in [5.74, 6) is 1.60. The fraction of sp³-hybridized carbons (Fsp3) is 0.650. The Morgan fingerprint density at radius 3 is 2.59 bits per heavy atom. The van der Waals surface area contributed by atoms with Crippen LogP contribution in [0.25, 0.3) is 0 Å². The van der Waals surface area contributed by atoms with Gasteiger partial charge in [-0.25, -0.2) is 0 Å². The van der Waals surface area contributed by atoms with Gasteiger partial charge in [-0.3, -0.25) is 9.89 Å². The van der Waals surface area contributed by atoms with Crippen molar-refractivity contribution in [1.82, 2.24) is 15.1 Å². The molecule has 152 valence electrons. The van der Waals surface area contributed by atoms with Crippen molar-refractivity contribution in [3.05, 3.63) is 34.9 Å². The molecule has 0 unspecified atom stereocenters. The number of rotatable bonds is 5. The van der Waals surface area contributed by atoms with Gasteiger partial charge in [-0.2, -0.15) is 0 Å². The predicted molar refractivity (Wildman–Crippen MR) is 123 cm³/mol. The molecule has 0 spiro atoms. The Bertz CT molecular complexity index is 607. The lowest BCUT2D eigenvalue weighted by atomic mass is 9.96. The summed E-state index contributed by atoms with van der Waals surface area (Å²) in [6.07, 6.45) is 2.98. The Balaban J connectivity index is 0.00000261. The highest BCUT2D eigenvalue weighted by Crippen LogP contribution is 2.22. The van der Waals surface area contributed by atoms with Crippen LogP contribution >= 0.6 is 35.6 Å². The second-order valence-electron chi connectivity index (χ2n) is 7.39. The van der Waals surface area contributed by atoms with Crippen LogP contribution in [0, 0.1) is 5.92 Å². The Morgan fingerprint density at radius 1 is 1.22 bits per heavy atom. The monoisotopic (exact) mass is 506 g/mol. The van der Waals surface area contributed by atoms with Crippen molar-refractivity contribution in [2.75, 3.05) is 39.3 Å². The van der Waals surface area contributed by atoms with Gasteiger partial charge in [0, 0.05) is 37.7 Å². The molecule has 2 saturated heterocycles. The lowest BCUT2D eigenvalue weighted by Crippen LogP contribution is -2.41. The average Bonchev–Trinajstić information content (AvgIpc) is 3.08. The van der Waals surface area contributed by atoms with E-state index in [9.17, 15) is 5.11 Å². The van der Waals surface area contributed by atoms with Gasteiger partial charge in [-0.15, -0.1) is 24.0 Å². The van der Waals surface area contributed by atoms with Crippen molar-refractivity contribution in [2.45, 2.75) is 38.8 Å². The van der Waals surface area contributed by atoms with E-state index in [1.165, 1.54) is 18.4 Å². The highest BCUT2D eigenvalue weighted by Gasteiger charge is 2.24. The Kier molecular flexibility index (Phi) is 9.62.